The minimum Gasteiger partial charge on any atom is -0.284 e. The van der Waals surface area contributed by atoms with Gasteiger partial charge in [0.15, 0.2) is 0 Å². The van der Waals surface area contributed by atoms with Gasteiger partial charge in [-0.25, -0.2) is 5.43 Å². The molecule has 6 heteroatoms. The fourth-order valence-corrected chi connectivity index (χ4v) is 12.2. The molecule has 1 heterocycles. The van der Waals surface area contributed by atoms with Crippen molar-refractivity contribution in [3.8, 4) is 0 Å². The molecule has 0 saturated carbocycles. The summed E-state index contributed by atoms with van der Waals surface area (Å²) in [6, 6.07) is 0. The van der Waals surface area contributed by atoms with Crippen molar-refractivity contribution < 1.29 is 0 Å². The van der Waals surface area contributed by atoms with Crippen molar-refractivity contribution >= 4 is 16.5 Å². The number of likely N-dealkylation sites (N-methyl/N-ethyl adjacent to an activating group) is 1. The molecule has 1 unspecified atom stereocenters. The molecule has 4 nitrogen and oxygen atoms in total. The molecular weight excluding hydrogens is 280 g/mol. The van der Waals surface area contributed by atoms with Crippen LogP contribution in [0.4, 0.5) is 0 Å². The van der Waals surface area contributed by atoms with Gasteiger partial charge in [0.2, 0.25) is 0 Å². The minimum absolute atomic E-state index is 0.201. The molecule has 1 aliphatic heterocycles. The molecule has 1 aliphatic rings. The highest BCUT2D eigenvalue weighted by atomic mass is 28.4. The summed E-state index contributed by atoms with van der Waals surface area (Å²) >= 11 is 0. The van der Waals surface area contributed by atoms with Gasteiger partial charge in [0.05, 0.1) is 0 Å². The van der Waals surface area contributed by atoms with Crippen LogP contribution in [0.3, 0.4) is 0 Å². The molecule has 120 valence electrons. The molecule has 0 aliphatic carbocycles. The Kier molecular flexibility index (Phi) is 5.33. The third kappa shape index (κ3) is 4.38. The van der Waals surface area contributed by atoms with Gasteiger partial charge in [-0.05, 0) is 27.8 Å². The molecule has 1 rings (SSSR count). The van der Waals surface area contributed by atoms with E-state index in [-0.39, 0.29) is 5.54 Å². The monoisotopic (exact) mass is 316 g/mol. The third-order valence-electron chi connectivity index (χ3n) is 3.85. The van der Waals surface area contributed by atoms with E-state index in [2.05, 4.69) is 86.7 Å². The van der Waals surface area contributed by atoms with Gasteiger partial charge < -0.3 is 0 Å². The summed E-state index contributed by atoms with van der Waals surface area (Å²) in [6.07, 6.45) is 0.327. The van der Waals surface area contributed by atoms with E-state index < -0.39 is 16.5 Å². The Hall–Kier alpha value is 0.274. The lowest BCUT2D eigenvalue weighted by atomic mass is 10.1. The lowest BCUT2D eigenvalue weighted by Gasteiger charge is -2.49. The third-order valence-corrected chi connectivity index (χ3v) is 10.8. The Morgan fingerprint density at radius 2 is 1.40 bits per heavy atom. The minimum atomic E-state index is -1.38. The molecule has 1 saturated heterocycles. The first-order chi connectivity index (χ1) is 8.74. The first-order valence-corrected chi connectivity index (χ1v) is 14.7. The molecule has 0 aromatic carbocycles. The maximum atomic E-state index is 3.91. The van der Waals surface area contributed by atoms with Crippen molar-refractivity contribution in [2.75, 3.05) is 20.1 Å². The zero-order chi connectivity index (χ0) is 15.9. The summed E-state index contributed by atoms with van der Waals surface area (Å²) in [5.41, 5.74) is 4.11. The number of nitrogens with zero attached hydrogens (tertiary/aromatic N) is 3. The fourth-order valence-electron chi connectivity index (χ4n) is 3.13. The summed E-state index contributed by atoms with van der Waals surface area (Å²) in [7, 11) is -0.522. The van der Waals surface area contributed by atoms with E-state index in [4.69, 9.17) is 0 Å². The summed E-state index contributed by atoms with van der Waals surface area (Å²) < 4.78 is 2.67. The normalized spacial score (nSPS) is 23.9. The highest BCUT2D eigenvalue weighted by Crippen LogP contribution is 2.25. The van der Waals surface area contributed by atoms with Crippen LogP contribution in [0.2, 0.25) is 39.3 Å². The van der Waals surface area contributed by atoms with Crippen LogP contribution in [-0.2, 0) is 0 Å². The average molecular weight is 317 g/mol. The summed E-state index contributed by atoms with van der Waals surface area (Å²) in [5.74, 6) is 0. The van der Waals surface area contributed by atoms with E-state index >= 15 is 0 Å². The fraction of sp³-hybridized carbons (Fsp3) is 1.00. The lowest BCUT2D eigenvalue weighted by Crippen LogP contribution is -2.71. The van der Waals surface area contributed by atoms with E-state index in [1.807, 2.05) is 0 Å². The van der Waals surface area contributed by atoms with E-state index in [1.54, 1.807) is 0 Å². The molecule has 0 aromatic rings. The summed E-state index contributed by atoms with van der Waals surface area (Å²) in [5, 5.41) is 0. The second-order valence-electron chi connectivity index (χ2n) is 9.02. The van der Waals surface area contributed by atoms with Crippen LogP contribution >= 0.6 is 0 Å². The predicted octanol–water partition coefficient (Wildman–Crippen LogP) is 2.79. The van der Waals surface area contributed by atoms with E-state index in [0.29, 0.717) is 6.29 Å². The molecule has 20 heavy (non-hydrogen) atoms. The molecule has 0 amide bonds. The van der Waals surface area contributed by atoms with Gasteiger partial charge in [-0.3, -0.25) is 14.1 Å². The van der Waals surface area contributed by atoms with Gasteiger partial charge in [-0.1, -0.05) is 39.3 Å². The van der Waals surface area contributed by atoms with Gasteiger partial charge in [0.1, 0.15) is 22.8 Å². The SMILES string of the molecule is CN1CCN(C(C)(C)C)C1NN([Si](C)(C)C)[Si](C)(C)C. The first kappa shape index (κ1) is 18.3. The van der Waals surface area contributed by atoms with Crippen molar-refractivity contribution in [3.05, 3.63) is 0 Å². The number of hydrogen-bond donors (Lipinski definition) is 1. The first-order valence-electron chi connectivity index (χ1n) is 7.78. The molecule has 0 bridgehead atoms. The smallest absolute Gasteiger partial charge is 0.129 e. The number of nitrogens with one attached hydrogen (secondary N) is 1. The second-order valence-corrected chi connectivity index (χ2v) is 19.0. The van der Waals surface area contributed by atoms with Crippen LogP contribution in [0.15, 0.2) is 0 Å². The number of rotatable bonds is 4. The highest BCUT2D eigenvalue weighted by molar-refractivity contribution is 6.89. The van der Waals surface area contributed by atoms with Crippen molar-refractivity contribution in [1.29, 1.82) is 0 Å². The van der Waals surface area contributed by atoms with Crippen LogP contribution in [0.1, 0.15) is 20.8 Å². The summed E-state index contributed by atoms with van der Waals surface area (Å²) in [4.78, 5) is 5.03. The van der Waals surface area contributed by atoms with Gasteiger partial charge in [0, 0.05) is 18.6 Å². The van der Waals surface area contributed by atoms with Gasteiger partial charge in [-0.15, -0.1) is 0 Å². The van der Waals surface area contributed by atoms with E-state index in [1.165, 1.54) is 0 Å². The maximum absolute atomic E-state index is 3.91. The molecule has 0 radical (unpaired) electrons. The topological polar surface area (TPSA) is 21.8 Å². The quantitative estimate of drug-likeness (QED) is 0.636. The van der Waals surface area contributed by atoms with Crippen molar-refractivity contribution in [1.82, 2.24) is 19.6 Å². The van der Waals surface area contributed by atoms with Crippen LogP contribution in [0.25, 0.3) is 0 Å². The Bertz CT molecular complexity index is 314. The molecular formula is C14H36N4Si2. The van der Waals surface area contributed by atoms with Gasteiger partial charge in [-0.2, -0.15) is 0 Å². The van der Waals surface area contributed by atoms with E-state index in [9.17, 15) is 0 Å². The average Bonchev–Trinajstić information content (AvgIpc) is 2.51. The lowest BCUT2D eigenvalue weighted by molar-refractivity contribution is 0.0255. The molecule has 0 spiro atoms. The Morgan fingerprint density at radius 3 is 1.75 bits per heavy atom. The summed E-state index contributed by atoms with van der Waals surface area (Å²) in [6.45, 7) is 23.9. The van der Waals surface area contributed by atoms with Gasteiger partial charge in [0.25, 0.3) is 0 Å². The van der Waals surface area contributed by atoms with Gasteiger partial charge >= 0.3 is 0 Å². The highest BCUT2D eigenvalue weighted by Gasteiger charge is 2.42. The molecule has 1 fully saturated rings. The van der Waals surface area contributed by atoms with E-state index in [0.717, 1.165) is 13.1 Å². The number of hydrazine groups is 1. The largest absolute Gasteiger partial charge is 0.284 e. The molecule has 1 atom stereocenters. The zero-order valence-electron chi connectivity index (χ0n) is 15.3. The van der Waals surface area contributed by atoms with Crippen molar-refractivity contribution in [3.63, 3.8) is 0 Å². The Balaban J connectivity index is 2.97. The standard InChI is InChI=1S/C14H36N4Si2/c1-14(2,3)17-12-11-16(4)13(17)15-18(19(5,6)7)20(8,9)10/h13,15H,11-12H2,1-10H3. The Labute approximate surface area is 128 Å². The van der Waals surface area contributed by atoms with Crippen LogP contribution in [0, 0.1) is 0 Å². The zero-order valence-corrected chi connectivity index (χ0v) is 17.3. The second kappa shape index (κ2) is 5.81. The van der Waals surface area contributed by atoms with Crippen LogP contribution in [0.5, 0.6) is 0 Å². The van der Waals surface area contributed by atoms with Crippen LogP contribution in [-0.4, -0.2) is 62.6 Å². The number of hydrogen-bond acceptors (Lipinski definition) is 4. The molecule has 1 N–H and O–H groups in total. The molecule has 0 aromatic heterocycles. The van der Waals surface area contributed by atoms with Crippen molar-refractivity contribution in [2.24, 2.45) is 0 Å². The Morgan fingerprint density at radius 1 is 0.950 bits per heavy atom. The van der Waals surface area contributed by atoms with Crippen molar-refractivity contribution in [2.45, 2.75) is 71.9 Å². The maximum Gasteiger partial charge on any atom is 0.129 e. The van der Waals surface area contributed by atoms with Crippen LogP contribution < -0.4 is 5.43 Å². The predicted molar refractivity (Wildman–Crippen MR) is 94.5 cm³/mol.